The lowest BCUT2D eigenvalue weighted by Gasteiger charge is -2.21. The molecular weight excluding hydrogens is 324 g/mol. The Morgan fingerprint density at radius 3 is 2.23 bits per heavy atom. The fraction of sp³-hybridized carbons (Fsp3) is 0.435. The van der Waals surface area contributed by atoms with Gasteiger partial charge in [-0.15, -0.1) is 0 Å². The van der Waals surface area contributed by atoms with Gasteiger partial charge < -0.3 is 9.47 Å². The van der Waals surface area contributed by atoms with Gasteiger partial charge in [0.05, 0.1) is 12.2 Å². The van der Waals surface area contributed by atoms with Crippen LogP contribution in [0.2, 0.25) is 0 Å². The van der Waals surface area contributed by atoms with E-state index in [0.717, 1.165) is 18.1 Å². The number of ether oxygens (including phenoxy) is 2. The Labute approximate surface area is 156 Å². The highest BCUT2D eigenvalue weighted by Crippen LogP contribution is 2.27. The van der Waals surface area contributed by atoms with Crippen molar-refractivity contribution >= 4 is 5.97 Å². The minimum atomic E-state index is -0.344. The predicted molar refractivity (Wildman–Crippen MR) is 104 cm³/mol. The molecule has 138 valence electrons. The van der Waals surface area contributed by atoms with Crippen molar-refractivity contribution < 1.29 is 14.3 Å². The number of carbonyl (C=O) groups excluding carboxylic acids is 1. The molecule has 0 N–H and O–H groups in total. The smallest absolute Gasteiger partial charge is 0.343 e. The van der Waals surface area contributed by atoms with Crippen LogP contribution < -0.4 is 9.47 Å². The largest absolute Gasteiger partial charge is 0.494 e. The number of rotatable bonds is 7. The monoisotopic (exact) mass is 352 g/mol. The van der Waals surface area contributed by atoms with Crippen LogP contribution in [0.4, 0.5) is 0 Å². The molecule has 0 unspecified atom stereocenters. The van der Waals surface area contributed by atoms with E-state index in [1.165, 1.54) is 44.1 Å². The summed E-state index contributed by atoms with van der Waals surface area (Å²) in [5.74, 6) is 1.89. The molecule has 0 amide bonds. The minimum Gasteiger partial charge on any atom is -0.494 e. The number of aryl methyl sites for hydroxylation is 1. The minimum absolute atomic E-state index is 0.344. The standard InChI is InChI=1S/C23H28O3/c1-2-25-21-16-12-20(13-17-21)23(24)26-22-14-10-19(11-15-22)9-8-18-6-4-3-5-7-18/h10-18H,2-9H2,1H3. The summed E-state index contributed by atoms with van der Waals surface area (Å²) in [6.45, 7) is 2.54. The molecule has 2 aromatic carbocycles. The highest BCUT2D eigenvalue weighted by atomic mass is 16.5. The van der Waals surface area contributed by atoms with Crippen molar-refractivity contribution in [3.8, 4) is 11.5 Å². The van der Waals surface area contributed by atoms with E-state index in [2.05, 4.69) is 12.1 Å². The van der Waals surface area contributed by atoms with E-state index in [4.69, 9.17) is 9.47 Å². The third kappa shape index (κ3) is 5.35. The molecule has 0 atom stereocenters. The zero-order valence-electron chi connectivity index (χ0n) is 15.6. The number of benzene rings is 2. The van der Waals surface area contributed by atoms with Gasteiger partial charge in [-0.25, -0.2) is 4.79 Å². The van der Waals surface area contributed by atoms with Crippen LogP contribution >= 0.6 is 0 Å². The Hall–Kier alpha value is -2.29. The molecule has 0 spiro atoms. The van der Waals surface area contributed by atoms with Crippen LogP contribution in [-0.2, 0) is 6.42 Å². The van der Waals surface area contributed by atoms with Crippen molar-refractivity contribution in [1.82, 2.24) is 0 Å². The third-order valence-corrected chi connectivity index (χ3v) is 5.10. The highest BCUT2D eigenvalue weighted by molar-refractivity contribution is 5.91. The average Bonchev–Trinajstić information content (AvgIpc) is 2.69. The summed E-state index contributed by atoms with van der Waals surface area (Å²) >= 11 is 0. The second-order valence-electron chi connectivity index (χ2n) is 7.03. The van der Waals surface area contributed by atoms with Crippen molar-refractivity contribution in [1.29, 1.82) is 0 Å². The molecule has 0 bridgehead atoms. The van der Waals surface area contributed by atoms with E-state index >= 15 is 0 Å². The van der Waals surface area contributed by atoms with Crippen LogP contribution in [0.3, 0.4) is 0 Å². The molecule has 0 aromatic heterocycles. The first-order chi connectivity index (χ1) is 12.7. The molecule has 1 aliphatic rings. The summed E-state index contributed by atoms with van der Waals surface area (Å²) in [6.07, 6.45) is 9.35. The van der Waals surface area contributed by atoms with Crippen LogP contribution in [0.5, 0.6) is 11.5 Å². The first-order valence-corrected chi connectivity index (χ1v) is 9.78. The Bertz CT molecular complexity index is 682. The van der Waals surface area contributed by atoms with Crippen molar-refractivity contribution in [3.05, 3.63) is 59.7 Å². The molecule has 0 aliphatic heterocycles. The maximum Gasteiger partial charge on any atom is 0.343 e. The van der Waals surface area contributed by atoms with Gasteiger partial charge >= 0.3 is 5.97 Å². The summed E-state index contributed by atoms with van der Waals surface area (Å²) in [5.41, 5.74) is 1.84. The predicted octanol–water partition coefficient (Wildman–Crippen LogP) is 5.82. The quantitative estimate of drug-likeness (QED) is 0.465. The van der Waals surface area contributed by atoms with Gasteiger partial charge in [0.15, 0.2) is 0 Å². The Balaban J connectivity index is 1.50. The second kappa shape index (κ2) is 9.42. The van der Waals surface area contributed by atoms with Crippen molar-refractivity contribution in [2.45, 2.75) is 51.9 Å². The zero-order valence-corrected chi connectivity index (χ0v) is 15.6. The van der Waals surface area contributed by atoms with E-state index in [-0.39, 0.29) is 5.97 Å². The Kier molecular flexibility index (Phi) is 6.70. The van der Waals surface area contributed by atoms with E-state index in [1.807, 2.05) is 19.1 Å². The van der Waals surface area contributed by atoms with Crippen molar-refractivity contribution in [3.63, 3.8) is 0 Å². The van der Waals surface area contributed by atoms with E-state index in [9.17, 15) is 4.79 Å². The number of hydrogen-bond donors (Lipinski definition) is 0. The van der Waals surface area contributed by atoms with Crippen LogP contribution in [-0.4, -0.2) is 12.6 Å². The van der Waals surface area contributed by atoms with E-state index in [1.54, 1.807) is 24.3 Å². The van der Waals surface area contributed by atoms with Crippen LogP contribution in [0, 0.1) is 5.92 Å². The molecule has 0 radical (unpaired) electrons. The van der Waals surface area contributed by atoms with Gasteiger partial charge in [-0.1, -0.05) is 44.2 Å². The number of carbonyl (C=O) groups is 1. The average molecular weight is 352 g/mol. The van der Waals surface area contributed by atoms with Gasteiger partial charge in [-0.05, 0) is 67.6 Å². The van der Waals surface area contributed by atoms with Gasteiger partial charge in [0.2, 0.25) is 0 Å². The topological polar surface area (TPSA) is 35.5 Å². The van der Waals surface area contributed by atoms with Gasteiger partial charge in [-0.3, -0.25) is 0 Å². The van der Waals surface area contributed by atoms with Gasteiger partial charge in [-0.2, -0.15) is 0 Å². The lowest BCUT2D eigenvalue weighted by Crippen LogP contribution is -2.09. The number of hydrogen-bond acceptors (Lipinski definition) is 3. The molecule has 26 heavy (non-hydrogen) atoms. The molecule has 3 rings (SSSR count). The molecule has 3 nitrogen and oxygen atoms in total. The van der Waals surface area contributed by atoms with Crippen LogP contribution in [0.25, 0.3) is 0 Å². The molecule has 1 saturated carbocycles. The van der Waals surface area contributed by atoms with Gasteiger partial charge in [0, 0.05) is 0 Å². The molecule has 3 heteroatoms. The van der Waals surface area contributed by atoms with Crippen molar-refractivity contribution in [2.75, 3.05) is 6.61 Å². The van der Waals surface area contributed by atoms with Crippen LogP contribution in [0.15, 0.2) is 48.5 Å². The second-order valence-corrected chi connectivity index (χ2v) is 7.03. The van der Waals surface area contributed by atoms with Crippen molar-refractivity contribution in [2.24, 2.45) is 5.92 Å². The molecule has 1 fully saturated rings. The molecular formula is C23H28O3. The third-order valence-electron chi connectivity index (χ3n) is 5.10. The molecule has 0 heterocycles. The fourth-order valence-corrected chi connectivity index (χ4v) is 3.59. The normalized spacial score (nSPS) is 14.8. The Morgan fingerprint density at radius 1 is 0.923 bits per heavy atom. The zero-order chi connectivity index (χ0) is 18.2. The van der Waals surface area contributed by atoms with E-state index in [0.29, 0.717) is 17.9 Å². The highest BCUT2D eigenvalue weighted by Gasteiger charge is 2.13. The SMILES string of the molecule is CCOc1ccc(C(=O)Oc2ccc(CCC3CCCCC3)cc2)cc1. The summed E-state index contributed by atoms with van der Waals surface area (Å²) in [5, 5.41) is 0. The molecule has 1 aliphatic carbocycles. The maximum absolute atomic E-state index is 12.2. The summed E-state index contributed by atoms with van der Waals surface area (Å²) in [6, 6.07) is 15.0. The fourth-order valence-electron chi connectivity index (χ4n) is 3.59. The summed E-state index contributed by atoms with van der Waals surface area (Å²) < 4.78 is 10.9. The van der Waals surface area contributed by atoms with Gasteiger partial charge in [0.25, 0.3) is 0 Å². The molecule has 0 saturated heterocycles. The first kappa shape index (κ1) is 18.5. The molecule has 2 aromatic rings. The summed E-state index contributed by atoms with van der Waals surface area (Å²) in [4.78, 5) is 12.2. The lowest BCUT2D eigenvalue weighted by atomic mass is 9.85. The van der Waals surface area contributed by atoms with E-state index < -0.39 is 0 Å². The van der Waals surface area contributed by atoms with Gasteiger partial charge in [0.1, 0.15) is 11.5 Å². The lowest BCUT2D eigenvalue weighted by molar-refractivity contribution is 0.0734. The van der Waals surface area contributed by atoms with Crippen LogP contribution in [0.1, 0.15) is 61.4 Å². The maximum atomic E-state index is 12.2. The number of esters is 1. The summed E-state index contributed by atoms with van der Waals surface area (Å²) in [7, 11) is 0. The first-order valence-electron chi connectivity index (χ1n) is 9.78. The Morgan fingerprint density at radius 2 is 1.58 bits per heavy atom.